The van der Waals surface area contributed by atoms with Crippen molar-refractivity contribution >= 4 is 34.5 Å². The number of aromatic nitrogens is 2. The maximum absolute atomic E-state index is 12.9. The molecule has 1 heterocycles. The van der Waals surface area contributed by atoms with Crippen molar-refractivity contribution in [3.63, 3.8) is 0 Å². The van der Waals surface area contributed by atoms with Crippen molar-refractivity contribution in [2.75, 3.05) is 47.0 Å². The average Bonchev–Trinajstić information content (AvgIpc) is 2.66. The van der Waals surface area contributed by atoms with Crippen LogP contribution in [0.15, 0.2) is 34.2 Å². The Morgan fingerprint density at radius 3 is 2.64 bits per heavy atom. The summed E-state index contributed by atoms with van der Waals surface area (Å²) in [6, 6.07) is 7.22. The summed E-state index contributed by atoms with van der Waals surface area (Å²) in [7, 11) is 7.40. The average molecular weight is 407 g/mol. The monoisotopic (exact) mass is 406 g/mol. The third kappa shape index (κ3) is 6.07. The number of hydrogen-bond donors (Lipinski definition) is 2. The van der Waals surface area contributed by atoms with E-state index in [2.05, 4.69) is 24.4 Å². The molecule has 2 aromatic rings. The maximum Gasteiger partial charge on any atom is 0.262 e. The van der Waals surface area contributed by atoms with Gasteiger partial charge in [-0.3, -0.25) is 19.0 Å². The molecule has 2 rings (SSSR count). The molecule has 152 valence electrons. The van der Waals surface area contributed by atoms with E-state index < -0.39 is 0 Å². The van der Waals surface area contributed by atoms with Crippen LogP contribution in [0.1, 0.15) is 6.42 Å². The summed E-state index contributed by atoms with van der Waals surface area (Å²) in [5.41, 5.74) is 0.526. The normalized spacial score (nSPS) is 11.0. The van der Waals surface area contributed by atoms with Crippen LogP contribution >= 0.6 is 11.8 Å². The molecule has 0 saturated carbocycles. The summed E-state index contributed by atoms with van der Waals surface area (Å²) >= 11 is 1.21. The molecule has 0 aliphatic heterocycles. The van der Waals surface area contributed by atoms with Crippen LogP contribution in [0.5, 0.6) is 0 Å². The predicted octanol–water partition coefficient (Wildman–Crippen LogP) is -0.772. The lowest BCUT2D eigenvalue weighted by atomic mass is 10.2. The molecule has 0 unspecified atom stereocenters. The standard InChI is InChI=1S/C19H27N5O3S/c1-22(2)10-7-11-24-18(27)14-8-5-6-9-15(14)21-19(24)28-13-16(25)20-12-17(26)23(3)4/h5-6,8-9H,7,10-13H2,1-4H3,(H,20,25)/p+1. The Balaban J connectivity index is 2.15. The van der Waals surface area contributed by atoms with E-state index >= 15 is 0 Å². The molecule has 1 aromatic heterocycles. The molecule has 0 atom stereocenters. The predicted molar refractivity (Wildman–Crippen MR) is 111 cm³/mol. The number of quaternary nitrogens is 1. The SMILES string of the molecule is CN(C)C(=O)CNC(=O)CSc1nc2ccccc2c(=O)n1CCC[NH+](C)C. The number of carbonyl (C=O) groups excluding carboxylic acids is 2. The zero-order chi connectivity index (χ0) is 20.7. The number of likely N-dealkylation sites (N-methyl/N-ethyl adjacent to an activating group) is 1. The first kappa shape index (κ1) is 21.9. The Hall–Kier alpha value is -2.39. The van der Waals surface area contributed by atoms with Crippen molar-refractivity contribution in [3.05, 3.63) is 34.6 Å². The van der Waals surface area contributed by atoms with Crippen molar-refractivity contribution in [2.45, 2.75) is 18.1 Å². The molecular formula is C19H28N5O3S+. The summed E-state index contributed by atoms with van der Waals surface area (Å²) in [4.78, 5) is 43.9. The van der Waals surface area contributed by atoms with Crippen molar-refractivity contribution in [2.24, 2.45) is 0 Å². The molecular weight excluding hydrogens is 378 g/mol. The minimum absolute atomic E-state index is 0.0457. The molecule has 0 saturated heterocycles. The van der Waals surface area contributed by atoms with Crippen LogP contribution < -0.4 is 15.8 Å². The van der Waals surface area contributed by atoms with Gasteiger partial charge in [0.15, 0.2) is 5.16 Å². The van der Waals surface area contributed by atoms with Crippen LogP contribution in [0, 0.1) is 0 Å². The minimum Gasteiger partial charge on any atom is -0.347 e. The molecule has 2 amide bonds. The molecule has 0 aliphatic carbocycles. The molecule has 1 aromatic carbocycles. The highest BCUT2D eigenvalue weighted by molar-refractivity contribution is 7.99. The van der Waals surface area contributed by atoms with E-state index in [1.807, 2.05) is 12.1 Å². The fraction of sp³-hybridized carbons (Fsp3) is 0.474. The quantitative estimate of drug-likeness (QED) is 0.422. The highest BCUT2D eigenvalue weighted by Gasteiger charge is 2.14. The van der Waals surface area contributed by atoms with Gasteiger partial charge in [0.2, 0.25) is 11.8 Å². The zero-order valence-corrected chi connectivity index (χ0v) is 17.6. The summed E-state index contributed by atoms with van der Waals surface area (Å²) in [6.45, 7) is 1.43. The van der Waals surface area contributed by atoms with Gasteiger partial charge in [0.25, 0.3) is 5.56 Å². The Labute approximate surface area is 168 Å². The molecule has 0 spiro atoms. The summed E-state index contributed by atoms with van der Waals surface area (Å²) in [5, 5.41) is 3.69. The Bertz CT molecular complexity index is 895. The lowest BCUT2D eigenvalue weighted by Gasteiger charge is -2.14. The largest absolute Gasteiger partial charge is 0.347 e. The van der Waals surface area contributed by atoms with Crippen LogP contribution in [0.25, 0.3) is 10.9 Å². The van der Waals surface area contributed by atoms with Crippen LogP contribution in [0.2, 0.25) is 0 Å². The number of hydrogen-bond acceptors (Lipinski definition) is 5. The third-order valence-corrected chi connectivity index (χ3v) is 5.13. The second-order valence-electron chi connectivity index (χ2n) is 7.03. The molecule has 0 fully saturated rings. The maximum atomic E-state index is 12.9. The van der Waals surface area contributed by atoms with Gasteiger partial charge in [-0.2, -0.15) is 0 Å². The van der Waals surface area contributed by atoms with Gasteiger partial charge in [0.1, 0.15) is 0 Å². The number of carbonyl (C=O) groups is 2. The van der Waals surface area contributed by atoms with Gasteiger partial charge >= 0.3 is 0 Å². The Kier molecular flexibility index (Phi) is 8.01. The van der Waals surface area contributed by atoms with Gasteiger partial charge in [0.05, 0.1) is 43.8 Å². The molecule has 8 nitrogen and oxygen atoms in total. The fourth-order valence-corrected chi connectivity index (χ4v) is 3.41. The van der Waals surface area contributed by atoms with Crippen LogP contribution in [-0.4, -0.2) is 73.3 Å². The highest BCUT2D eigenvalue weighted by atomic mass is 32.2. The second-order valence-corrected chi connectivity index (χ2v) is 7.98. The summed E-state index contributed by atoms with van der Waals surface area (Å²) < 4.78 is 1.65. The Morgan fingerprint density at radius 2 is 1.96 bits per heavy atom. The van der Waals surface area contributed by atoms with E-state index in [0.29, 0.717) is 22.6 Å². The van der Waals surface area contributed by atoms with Crippen LogP contribution in [-0.2, 0) is 16.1 Å². The molecule has 0 aliphatic rings. The molecule has 2 N–H and O–H groups in total. The number of nitrogens with zero attached hydrogens (tertiary/aromatic N) is 3. The lowest BCUT2D eigenvalue weighted by molar-refractivity contribution is -0.858. The van der Waals surface area contributed by atoms with E-state index in [9.17, 15) is 14.4 Å². The highest BCUT2D eigenvalue weighted by Crippen LogP contribution is 2.17. The van der Waals surface area contributed by atoms with Crippen molar-refractivity contribution in [3.8, 4) is 0 Å². The number of nitrogens with one attached hydrogen (secondary N) is 2. The number of fused-ring (bicyclic) bond motifs is 1. The van der Waals surface area contributed by atoms with Crippen molar-refractivity contribution < 1.29 is 14.5 Å². The van der Waals surface area contributed by atoms with Gasteiger partial charge in [-0.15, -0.1) is 0 Å². The molecule has 9 heteroatoms. The van der Waals surface area contributed by atoms with E-state index in [1.54, 1.807) is 30.8 Å². The molecule has 0 bridgehead atoms. The van der Waals surface area contributed by atoms with Crippen LogP contribution in [0.3, 0.4) is 0 Å². The Morgan fingerprint density at radius 1 is 1.25 bits per heavy atom. The number of benzene rings is 1. The number of para-hydroxylation sites is 1. The summed E-state index contributed by atoms with van der Waals surface area (Å²) in [6.07, 6.45) is 0.833. The van der Waals surface area contributed by atoms with Crippen LogP contribution in [0.4, 0.5) is 0 Å². The lowest BCUT2D eigenvalue weighted by Crippen LogP contribution is -3.05. The molecule has 0 radical (unpaired) electrons. The van der Waals surface area contributed by atoms with E-state index in [0.717, 1.165) is 13.0 Å². The van der Waals surface area contributed by atoms with Gasteiger partial charge in [-0.05, 0) is 12.1 Å². The first-order valence-electron chi connectivity index (χ1n) is 9.18. The number of amides is 2. The number of thioether (sulfide) groups is 1. The van der Waals surface area contributed by atoms with Gasteiger partial charge in [-0.25, -0.2) is 4.98 Å². The topological polar surface area (TPSA) is 88.7 Å². The van der Waals surface area contributed by atoms with Gasteiger partial charge in [0, 0.05) is 27.1 Å². The summed E-state index contributed by atoms with van der Waals surface area (Å²) in [5.74, 6) is -0.359. The second kappa shape index (κ2) is 10.2. The fourth-order valence-electron chi connectivity index (χ4n) is 2.56. The van der Waals surface area contributed by atoms with E-state index in [-0.39, 0.29) is 29.7 Å². The minimum atomic E-state index is -0.271. The van der Waals surface area contributed by atoms with Crippen molar-refractivity contribution in [1.29, 1.82) is 0 Å². The third-order valence-electron chi connectivity index (χ3n) is 4.15. The van der Waals surface area contributed by atoms with E-state index in [4.69, 9.17) is 0 Å². The first-order chi connectivity index (χ1) is 13.3. The van der Waals surface area contributed by atoms with Gasteiger partial charge < -0.3 is 15.1 Å². The first-order valence-corrected chi connectivity index (χ1v) is 10.2. The smallest absolute Gasteiger partial charge is 0.262 e. The van der Waals surface area contributed by atoms with Crippen molar-refractivity contribution in [1.82, 2.24) is 19.8 Å². The number of rotatable bonds is 9. The van der Waals surface area contributed by atoms with Gasteiger partial charge in [-0.1, -0.05) is 23.9 Å². The zero-order valence-electron chi connectivity index (χ0n) is 16.8. The molecule has 28 heavy (non-hydrogen) atoms. The van der Waals surface area contributed by atoms with E-state index in [1.165, 1.54) is 21.6 Å².